The molecule has 1 aliphatic heterocycles. The summed E-state index contributed by atoms with van der Waals surface area (Å²) in [6, 6.07) is 5.67. The zero-order valence-electron chi connectivity index (χ0n) is 17.9. The Morgan fingerprint density at radius 1 is 0.844 bits per heavy atom. The summed E-state index contributed by atoms with van der Waals surface area (Å²) in [6.07, 6.45) is -6.14. The normalized spacial score (nSPS) is 24.7. The lowest BCUT2D eigenvalue weighted by Gasteiger charge is -2.44. The van der Waals surface area contributed by atoms with Gasteiger partial charge in [0, 0.05) is 27.7 Å². The van der Waals surface area contributed by atoms with Gasteiger partial charge in [-0.05, 0) is 17.7 Å². The van der Waals surface area contributed by atoms with Crippen LogP contribution in [0.3, 0.4) is 0 Å². The lowest BCUT2D eigenvalue weighted by atomic mass is 9.90. The van der Waals surface area contributed by atoms with Crippen LogP contribution < -0.4 is 0 Å². The number of carboxylic acid groups (broad SMARTS) is 1. The Morgan fingerprint density at radius 3 is 1.94 bits per heavy atom. The maximum absolute atomic E-state index is 11.8. The first-order valence-electron chi connectivity index (χ1n) is 9.63. The number of benzene rings is 1. The number of carbonyl (C=O) groups is 5. The molecule has 32 heavy (non-hydrogen) atoms. The minimum absolute atomic E-state index is 0.0599. The van der Waals surface area contributed by atoms with E-state index in [1.54, 1.807) is 0 Å². The van der Waals surface area contributed by atoms with Gasteiger partial charge < -0.3 is 28.8 Å². The summed E-state index contributed by atoms with van der Waals surface area (Å²) in [5, 5.41) is 9.32. The van der Waals surface area contributed by atoms with Crippen LogP contribution in [-0.4, -0.2) is 66.0 Å². The minimum atomic E-state index is -1.33. The highest BCUT2D eigenvalue weighted by Gasteiger charge is 2.52. The molecule has 1 aromatic carbocycles. The largest absolute Gasteiger partial charge is 0.478 e. The van der Waals surface area contributed by atoms with E-state index in [-0.39, 0.29) is 12.2 Å². The first-order valence-corrected chi connectivity index (χ1v) is 9.63. The van der Waals surface area contributed by atoms with Crippen LogP contribution in [0.1, 0.15) is 49.7 Å². The van der Waals surface area contributed by atoms with E-state index in [4.69, 9.17) is 23.7 Å². The lowest BCUT2D eigenvalue weighted by Crippen LogP contribution is -2.59. The number of aromatic carboxylic acids is 1. The fourth-order valence-electron chi connectivity index (χ4n) is 3.35. The highest BCUT2D eigenvalue weighted by molar-refractivity contribution is 5.87. The van der Waals surface area contributed by atoms with Crippen molar-refractivity contribution in [2.24, 2.45) is 0 Å². The molecule has 0 aromatic heterocycles. The molecule has 0 aliphatic carbocycles. The molecule has 1 fully saturated rings. The number of esters is 4. The predicted octanol–water partition coefficient (Wildman–Crippen LogP) is 1.18. The van der Waals surface area contributed by atoms with E-state index >= 15 is 0 Å². The number of rotatable bonds is 7. The van der Waals surface area contributed by atoms with Crippen molar-refractivity contribution in [1.29, 1.82) is 0 Å². The van der Waals surface area contributed by atoms with Crippen LogP contribution >= 0.6 is 0 Å². The van der Waals surface area contributed by atoms with Crippen molar-refractivity contribution in [3.63, 3.8) is 0 Å². The van der Waals surface area contributed by atoms with Gasteiger partial charge >= 0.3 is 29.8 Å². The third kappa shape index (κ3) is 6.51. The van der Waals surface area contributed by atoms with Crippen molar-refractivity contribution in [2.45, 2.75) is 58.2 Å². The van der Waals surface area contributed by atoms with E-state index in [1.165, 1.54) is 31.2 Å². The van der Waals surface area contributed by atoms with Gasteiger partial charge in [-0.25, -0.2) is 4.79 Å². The number of ether oxygens (including phenoxy) is 5. The summed E-state index contributed by atoms with van der Waals surface area (Å²) in [6.45, 7) is 4.17. The van der Waals surface area contributed by atoms with Crippen LogP contribution in [0.15, 0.2) is 24.3 Å². The topological polar surface area (TPSA) is 152 Å². The second-order valence-corrected chi connectivity index (χ2v) is 7.05. The molecule has 5 atom stereocenters. The van der Waals surface area contributed by atoms with Gasteiger partial charge in [0.25, 0.3) is 0 Å². The predicted molar refractivity (Wildman–Crippen MR) is 104 cm³/mol. The molecule has 1 saturated heterocycles. The highest BCUT2D eigenvalue weighted by atomic mass is 16.7. The van der Waals surface area contributed by atoms with Crippen LogP contribution in [0.2, 0.25) is 0 Å². The Hall–Kier alpha value is -3.47. The van der Waals surface area contributed by atoms with Crippen LogP contribution in [0, 0.1) is 0 Å². The SMILES string of the molecule is CC(=O)OC[C@H]1O[C@H](c2cccc(C(=O)O)c2)[C@@H](OC(C)=O)[C@@H](OC(C)=O)[C@@H]1OC(C)=O. The van der Waals surface area contributed by atoms with Gasteiger partial charge in [0.2, 0.25) is 0 Å². The van der Waals surface area contributed by atoms with Crippen LogP contribution in [0.4, 0.5) is 0 Å². The van der Waals surface area contributed by atoms with E-state index in [9.17, 15) is 29.1 Å². The third-order valence-corrected chi connectivity index (χ3v) is 4.45. The van der Waals surface area contributed by atoms with Gasteiger partial charge in [-0.2, -0.15) is 0 Å². The van der Waals surface area contributed by atoms with Crippen molar-refractivity contribution in [3.05, 3.63) is 35.4 Å². The van der Waals surface area contributed by atoms with Gasteiger partial charge in [-0.15, -0.1) is 0 Å². The van der Waals surface area contributed by atoms with E-state index in [0.717, 1.165) is 20.8 Å². The minimum Gasteiger partial charge on any atom is -0.478 e. The van der Waals surface area contributed by atoms with Gasteiger partial charge in [0.1, 0.15) is 18.8 Å². The number of carbonyl (C=O) groups excluding carboxylic acids is 4. The zero-order valence-corrected chi connectivity index (χ0v) is 17.9. The van der Waals surface area contributed by atoms with Crippen molar-refractivity contribution in [2.75, 3.05) is 6.61 Å². The van der Waals surface area contributed by atoms with Gasteiger partial charge in [0.15, 0.2) is 18.3 Å². The molecule has 0 radical (unpaired) electrons. The number of hydrogen-bond acceptors (Lipinski definition) is 10. The van der Waals surface area contributed by atoms with E-state index < -0.39 is 60.4 Å². The molecule has 174 valence electrons. The average molecular weight is 452 g/mol. The molecule has 0 saturated carbocycles. The summed E-state index contributed by atoms with van der Waals surface area (Å²) in [5.41, 5.74) is 0.234. The first-order chi connectivity index (χ1) is 15.0. The maximum atomic E-state index is 11.8. The van der Waals surface area contributed by atoms with Crippen molar-refractivity contribution in [1.82, 2.24) is 0 Å². The Balaban J connectivity index is 2.58. The Morgan fingerprint density at radius 2 is 1.41 bits per heavy atom. The third-order valence-electron chi connectivity index (χ3n) is 4.45. The smallest absolute Gasteiger partial charge is 0.335 e. The molecule has 0 spiro atoms. The van der Waals surface area contributed by atoms with Crippen molar-refractivity contribution < 1.29 is 52.8 Å². The quantitative estimate of drug-likeness (QED) is 0.469. The van der Waals surface area contributed by atoms with Crippen molar-refractivity contribution in [3.8, 4) is 0 Å². The number of carboxylic acids is 1. The molecular weight excluding hydrogens is 428 g/mol. The molecule has 1 N–H and O–H groups in total. The van der Waals surface area contributed by atoms with E-state index in [0.29, 0.717) is 5.56 Å². The summed E-state index contributed by atoms with van der Waals surface area (Å²) in [7, 11) is 0. The molecule has 1 aliphatic rings. The van der Waals surface area contributed by atoms with Crippen LogP contribution in [-0.2, 0) is 42.9 Å². The maximum Gasteiger partial charge on any atom is 0.335 e. The molecule has 1 aromatic rings. The summed E-state index contributed by atoms with van der Waals surface area (Å²) in [5.74, 6) is -4.06. The number of hydrogen-bond donors (Lipinski definition) is 1. The van der Waals surface area contributed by atoms with Crippen LogP contribution in [0.25, 0.3) is 0 Å². The van der Waals surface area contributed by atoms with Gasteiger partial charge in [0.05, 0.1) is 5.56 Å². The van der Waals surface area contributed by atoms with Gasteiger partial charge in [-0.1, -0.05) is 12.1 Å². The van der Waals surface area contributed by atoms with E-state index in [2.05, 4.69) is 0 Å². The molecule has 11 nitrogen and oxygen atoms in total. The fraction of sp³-hybridized carbons (Fsp3) is 0.476. The second kappa shape index (κ2) is 10.7. The monoisotopic (exact) mass is 452 g/mol. The Kier molecular flexibility index (Phi) is 8.30. The molecular formula is C21H24O11. The summed E-state index contributed by atoms with van der Waals surface area (Å²) in [4.78, 5) is 58.1. The zero-order chi connectivity index (χ0) is 24.0. The second-order valence-electron chi connectivity index (χ2n) is 7.05. The Bertz CT molecular complexity index is 893. The molecule has 2 rings (SSSR count). The van der Waals surface area contributed by atoms with Crippen LogP contribution in [0.5, 0.6) is 0 Å². The van der Waals surface area contributed by atoms with E-state index in [1.807, 2.05) is 0 Å². The molecule has 0 unspecified atom stereocenters. The first kappa shape index (κ1) is 24.8. The molecule has 11 heteroatoms. The van der Waals surface area contributed by atoms with Gasteiger partial charge in [-0.3, -0.25) is 19.2 Å². The summed E-state index contributed by atoms with van der Waals surface area (Å²) < 4.78 is 27.0. The standard InChI is InChI=1S/C21H24O11/c1-10(22)28-9-16-18(29-11(2)23)20(31-13(4)25)19(30-12(3)24)17(32-16)14-6-5-7-15(8-14)21(26)27/h5-8,16-20H,9H2,1-4H3,(H,26,27)/t16-,17-,18-,19-,20+/m1/s1. The Labute approximate surface area is 183 Å². The molecule has 0 amide bonds. The fourth-order valence-corrected chi connectivity index (χ4v) is 3.35. The lowest BCUT2D eigenvalue weighted by molar-refractivity contribution is -0.254. The summed E-state index contributed by atoms with van der Waals surface area (Å²) >= 11 is 0. The molecule has 0 bridgehead atoms. The highest BCUT2D eigenvalue weighted by Crippen LogP contribution is 2.37. The van der Waals surface area contributed by atoms with Crippen molar-refractivity contribution >= 4 is 29.8 Å². The molecule has 1 heterocycles. The average Bonchev–Trinajstić information content (AvgIpc) is 2.68.